The number of aliphatic hydroxyl groups is 1. The number of nitrogens with two attached hydrogens (primary N) is 1. The fourth-order valence-electron chi connectivity index (χ4n) is 1.59. The molecule has 1 atom stereocenters. The minimum Gasteiger partial charge on any atom is -0.398 e. The molecule has 0 aliphatic carbocycles. The molecule has 0 saturated carbocycles. The Hall–Kier alpha value is -1.18. The maximum atomic E-state index is 12.9. The van der Waals surface area contributed by atoms with E-state index in [1.165, 1.54) is 0 Å². The first kappa shape index (κ1) is 15.9. The summed E-state index contributed by atoms with van der Waals surface area (Å²) >= 11 is 0. The normalized spacial score (nSPS) is 13.4. The van der Waals surface area contributed by atoms with Crippen molar-refractivity contribution >= 4 is 15.7 Å². The molecule has 0 aliphatic rings. The van der Waals surface area contributed by atoms with Gasteiger partial charge in [0.25, 0.3) is 0 Å². The minimum absolute atomic E-state index is 0.0810. The first-order chi connectivity index (χ1) is 8.86. The van der Waals surface area contributed by atoms with Gasteiger partial charge < -0.3 is 10.8 Å². The number of rotatable bonds is 7. The number of hydrogen-bond acceptors (Lipinski definition) is 4. The van der Waals surface area contributed by atoms with E-state index in [0.29, 0.717) is 6.42 Å². The molecule has 0 amide bonds. The van der Waals surface area contributed by atoms with Crippen molar-refractivity contribution in [2.45, 2.75) is 24.7 Å². The van der Waals surface area contributed by atoms with Crippen LogP contribution < -0.4 is 10.5 Å². The van der Waals surface area contributed by atoms with Gasteiger partial charge in [-0.15, -0.1) is 0 Å². The van der Waals surface area contributed by atoms with Gasteiger partial charge in [-0.1, -0.05) is 6.92 Å². The van der Waals surface area contributed by atoms with Crippen molar-refractivity contribution in [2.75, 3.05) is 18.9 Å². The lowest BCUT2D eigenvalue weighted by atomic mass is 10.1. The minimum atomic E-state index is -3.72. The molecular weight excluding hydrogens is 271 g/mol. The summed E-state index contributed by atoms with van der Waals surface area (Å²) in [6.07, 6.45) is 1.33. The summed E-state index contributed by atoms with van der Waals surface area (Å²) in [5.41, 5.74) is 5.37. The Morgan fingerprint density at radius 2 is 2.16 bits per heavy atom. The number of aliphatic hydroxyl groups excluding tert-OH is 1. The van der Waals surface area contributed by atoms with Crippen LogP contribution in [0, 0.1) is 11.7 Å². The molecule has 1 unspecified atom stereocenters. The van der Waals surface area contributed by atoms with E-state index in [4.69, 9.17) is 10.8 Å². The molecular formula is C12H19FN2O3S. The number of sulfonamides is 1. The molecule has 1 rings (SSSR count). The lowest BCUT2D eigenvalue weighted by Crippen LogP contribution is -2.26. The third-order valence-electron chi connectivity index (χ3n) is 2.74. The highest BCUT2D eigenvalue weighted by molar-refractivity contribution is 7.89. The number of nitrogen functional groups attached to an aromatic ring is 1. The summed E-state index contributed by atoms with van der Waals surface area (Å²) in [5, 5.41) is 8.84. The smallest absolute Gasteiger partial charge is 0.242 e. The van der Waals surface area contributed by atoms with Gasteiger partial charge in [0.1, 0.15) is 10.7 Å². The molecule has 5 nitrogen and oxygen atoms in total. The topological polar surface area (TPSA) is 92.4 Å². The monoisotopic (exact) mass is 290 g/mol. The lowest BCUT2D eigenvalue weighted by molar-refractivity contribution is 0.228. The van der Waals surface area contributed by atoms with E-state index in [1.807, 2.05) is 6.92 Å². The molecule has 0 saturated heterocycles. The highest BCUT2D eigenvalue weighted by atomic mass is 32.2. The number of anilines is 1. The average Bonchev–Trinajstić information content (AvgIpc) is 2.33. The third kappa shape index (κ3) is 4.77. The van der Waals surface area contributed by atoms with Gasteiger partial charge >= 0.3 is 0 Å². The Kier molecular flexibility index (Phi) is 5.71. The highest BCUT2D eigenvalue weighted by Gasteiger charge is 2.17. The maximum absolute atomic E-state index is 12.9. The summed E-state index contributed by atoms with van der Waals surface area (Å²) in [4.78, 5) is -0.121. The predicted molar refractivity (Wildman–Crippen MR) is 71.5 cm³/mol. The summed E-state index contributed by atoms with van der Waals surface area (Å²) in [6, 6.07) is 3.17. The fraction of sp³-hybridized carbons (Fsp3) is 0.500. The van der Waals surface area contributed by atoms with E-state index >= 15 is 0 Å². The van der Waals surface area contributed by atoms with Gasteiger partial charge in [0.15, 0.2) is 0 Å². The summed E-state index contributed by atoms with van der Waals surface area (Å²) in [5.74, 6) is -0.436. The molecule has 0 spiro atoms. The molecule has 0 heterocycles. The van der Waals surface area contributed by atoms with Crippen LogP contribution >= 0.6 is 0 Å². The van der Waals surface area contributed by atoms with Crippen molar-refractivity contribution in [3.8, 4) is 0 Å². The second-order valence-electron chi connectivity index (χ2n) is 4.51. The zero-order chi connectivity index (χ0) is 14.5. The predicted octanol–water partition coefficient (Wildman–Crippen LogP) is 1.09. The van der Waals surface area contributed by atoms with Crippen molar-refractivity contribution in [3.63, 3.8) is 0 Å². The van der Waals surface area contributed by atoms with Crippen LogP contribution in [-0.2, 0) is 10.0 Å². The zero-order valence-electron chi connectivity index (χ0n) is 10.8. The molecule has 1 aromatic carbocycles. The van der Waals surface area contributed by atoms with Crippen LogP contribution in [0.15, 0.2) is 23.1 Å². The van der Waals surface area contributed by atoms with Crippen LogP contribution in [0.25, 0.3) is 0 Å². The Bertz CT molecular complexity index is 520. The van der Waals surface area contributed by atoms with Crippen LogP contribution in [0.5, 0.6) is 0 Å². The molecule has 108 valence electrons. The highest BCUT2D eigenvalue weighted by Crippen LogP contribution is 2.18. The summed E-state index contributed by atoms with van der Waals surface area (Å²) in [7, 11) is -3.72. The van der Waals surface area contributed by atoms with E-state index < -0.39 is 15.8 Å². The Morgan fingerprint density at radius 3 is 2.74 bits per heavy atom. The summed E-state index contributed by atoms with van der Waals surface area (Å²) in [6.45, 7) is 2.22. The number of hydrogen-bond donors (Lipinski definition) is 3. The van der Waals surface area contributed by atoms with Gasteiger partial charge in [0, 0.05) is 13.2 Å². The maximum Gasteiger partial charge on any atom is 0.242 e. The molecule has 19 heavy (non-hydrogen) atoms. The second-order valence-corrected chi connectivity index (χ2v) is 6.25. The largest absolute Gasteiger partial charge is 0.398 e. The van der Waals surface area contributed by atoms with Gasteiger partial charge in [0.2, 0.25) is 10.0 Å². The zero-order valence-corrected chi connectivity index (χ0v) is 11.6. The molecule has 0 radical (unpaired) electrons. The Labute approximate surface area is 112 Å². The standard InChI is InChI=1S/C12H19FN2O3S/c1-9(8-16)3-2-6-15-19(17,18)12-5-4-10(13)7-11(12)14/h4-5,7,9,15-16H,2-3,6,8,14H2,1H3. The molecule has 0 fully saturated rings. The van der Waals surface area contributed by atoms with Crippen LogP contribution in [0.3, 0.4) is 0 Å². The average molecular weight is 290 g/mol. The SMILES string of the molecule is CC(CO)CCCNS(=O)(=O)c1ccc(F)cc1N. The Morgan fingerprint density at radius 1 is 1.47 bits per heavy atom. The molecule has 7 heteroatoms. The van der Waals surface area contributed by atoms with Crippen LogP contribution in [0.4, 0.5) is 10.1 Å². The van der Waals surface area contributed by atoms with Crippen LogP contribution in [0.2, 0.25) is 0 Å². The third-order valence-corrected chi connectivity index (χ3v) is 4.27. The van der Waals surface area contributed by atoms with Crippen molar-refractivity contribution in [1.29, 1.82) is 0 Å². The van der Waals surface area contributed by atoms with E-state index in [1.54, 1.807) is 0 Å². The van der Waals surface area contributed by atoms with Crippen molar-refractivity contribution in [1.82, 2.24) is 4.72 Å². The number of halogens is 1. The molecule has 0 aromatic heterocycles. The van der Waals surface area contributed by atoms with E-state index in [0.717, 1.165) is 24.6 Å². The Balaban J connectivity index is 2.61. The van der Waals surface area contributed by atoms with Gasteiger partial charge in [-0.3, -0.25) is 0 Å². The van der Waals surface area contributed by atoms with E-state index in [2.05, 4.69) is 4.72 Å². The molecule has 0 aliphatic heterocycles. The van der Waals surface area contributed by atoms with Gasteiger partial charge in [-0.05, 0) is 37.0 Å². The quantitative estimate of drug-likeness (QED) is 0.518. The van der Waals surface area contributed by atoms with Crippen molar-refractivity contribution in [2.24, 2.45) is 5.92 Å². The van der Waals surface area contributed by atoms with E-state index in [-0.39, 0.29) is 29.7 Å². The van der Waals surface area contributed by atoms with Crippen LogP contribution in [0.1, 0.15) is 19.8 Å². The number of nitrogens with one attached hydrogen (secondary N) is 1. The van der Waals surface area contributed by atoms with Gasteiger partial charge in [0.05, 0.1) is 5.69 Å². The second kappa shape index (κ2) is 6.83. The van der Waals surface area contributed by atoms with Gasteiger partial charge in [-0.25, -0.2) is 17.5 Å². The van der Waals surface area contributed by atoms with Crippen molar-refractivity contribution in [3.05, 3.63) is 24.0 Å². The van der Waals surface area contributed by atoms with Crippen molar-refractivity contribution < 1.29 is 17.9 Å². The first-order valence-electron chi connectivity index (χ1n) is 6.02. The van der Waals surface area contributed by atoms with E-state index in [9.17, 15) is 12.8 Å². The van der Waals surface area contributed by atoms with Crippen LogP contribution in [-0.4, -0.2) is 26.7 Å². The first-order valence-corrected chi connectivity index (χ1v) is 7.50. The fourth-order valence-corrected chi connectivity index (χ4v) is 2.78. The lowest BCUT2D eigenvalue weighted by Gasteiger charge is -2.10. The molecule has 4 N–H and O–H groups in total. The number of benzene rings is 1. The summed E-state index contributed by atoms with van der Waals surface area (Å²) < 4.78 is 39.1. The van der Waals surface area contributed by atoms with Gasteiger partial charge in [-0.2, -0.15) is 0 Å². The molecule has 1 aromatic rings. The molecule has 0 bridgehead atoms.